The van der Waals surface area contributed by atoms with E-state index in [2.05, 4.69) is 0 Å². The minimum Gasteiger partial charge on any atom is -0.491 e. The maximum absolute atomic E-state index is 10.2. The summed E-state index contributed by atoms with van der Waals surface area (Å²) in [5, 5.41) is 10.9. The first kappa shape index (κ1) is 11.7. The topological polar surface area (TPSA) is 29.5 Å². The van der Waals surface area contributed by atoms with Crippen LogP contribution in [0.5, 0.6) is 5.75 Å². The Kier molecular flexibility index (Phi) is 3.72. The summed E-state index contributed by atoms with van der Waals surface area (Å²) in [5.74, 6) is 0.767. The van der Waals surface area contributed by atoms with E-state index in [-0.39, 0.29) is 0 Å². The highest BCUT2D eigenvalue weighted by Crippen LogP contribution is 2.28. The van der Waals surface area contributed by atoms with Crippen molar-refractivity contribution < 1.29 is 9.84 Å². The van der Waals surface area contributed by atoms with E-state index in [1.807, 2.05) is 12.1 Å². The summed E-state index contributed by atoms with van der Waals surface area (Å²) in [6.07, 6.45) is 5.12. The Morgan fingerprint density at radius 3 is 2.38 bits per heavy atom. The van der Waals surface area contributed by atoms with Gasteiger partial charge in [0.25, 0.3) is 0 Å². The second kappa shape index (κ2) is 5.07. The number of aliphatic hydroxyl groups is 1. The van der Waals surface area contributed by atoms with Crippen LogP contribution in [0.3, 0.4) is 0 Å². The Balaban J connectivity index is 1.88. The number of hydrogen-bond donors (Lipinski definition) is 1. The van der Waals surface area contributed by atoms with E-state index < -0.39 is 5.60 Å². The van der Waals surface area contributed by atoms with Gasteiger partial charge in [0.2, 0.25) is 0 Å². The third-order valence-electron chi connectivity index (χ3n) is 3.11. The van der Waals surface area contributed by atoms with Crippen molar-refractivity contribution in [2.24, 2.45) is 0 Å². The molecule has 1 N–H and O–H groups in total. The van der Waals surface area contributed by atoms with E-state index in [9.17, 15) is 5.11 Å². The van der Waals surface area contributed by atoms with Gasteiger partial charge in [0.1, 0.15) is 12.4 Å². The molecule has 0 bridgehead atoms. The summed E-state index contributed by atoms with van der Waals surface area (Å²) in [5.41, 5.74) is -0.627. The fourth-order valence-corrected chi connectivity index (χ4v) is 2.23. The van der Waals surface area contributed by atoms with Gasteiger partial charge in [-0.3, -0.25) is 0 Å². The van der Waals surface area contributed by atoms with Gasteiger partial charge in [0, 0.05) is 5.02 Å². The van der Waals surface area contributed by atoms with Crippen LogP contribution in [-0.2, 0) is 0 Å². The lowest BCUT2D eigenvalue weighted by Gasteiger charge is -2.31. The van der Waals surface area contributed by atoms with E-state index in [0.29, 0.717) is 11.6 Å². The Morgan fingerprint density at radius 1 is 1.12 bits per heavy atom. The van der Waals surface area contributed by atoms with Gasteiger partial charge in [-0.15, -0.1) is 0 Å². The predicted molar refractivity (Wildman–Crippen MR) is 65.0 cm³/mol. The van der Waals surface area contributed by atoms with Crippen molar-refractivity contribution >= 4 is 11.6 Å². The molecule has 0 saturated heterocycles. The number of benzene rings is 1. The molecule has 3 heteroatoms. The zero-order valence-electron chi connectivity index (χ0n) is 9.29. The molecule has 1 aromatic carbocycles. The molecule has 1 saturated carbocycles. The van der Waals surface area contributed by atoms with Gasteiger partial charge in [-0.2, -0.15) is 0 Å². The molecule has 1 aromatic rings. The summed E-state index contributed by atoms with van der Waals surface area (Å²) < 4.78 is 5.59. The van der Waals surface area contributed by atoms with Crippen LogP contribution in [-0.4, -0.2) is 17.3 Å². The lowest BCUT2D eigenvalue weighted by Crippen LogP contribution is -2.37. The van der Waals surface area contributed by atoms with Crippen LogP contribution >= 0.6 is 11.6 Å². The minimum absolute atomic E-state index is 0.384. The Morgan fingerprint density at radius 2 is 1.75 bits per heavy atom. The van der Waals surface area contributed by atoms with Gasteiger partial charge in [0.15, 0.2) is 0 Å². The Labute approximate surface area is 101 Å². The Hall–Kier alpha value is -0.730. The highest BCUT2D eigenvalue weighted by atomic mass is 35.5. The van der Waals surface area contributed by atoms with Crippen LogP contribution in [0.2, 0.25) is 5.02 Å². The first-order valence-electron chi connectivity index (χ1n) is 5.79. The quantitative estimate of drug-likeness (QED) is 0.877. The molecule has 0 aromatic heterocycles. The van der Waals surface area contributed by atoms with Crippen molar-refractivity contribution in [3.8, 4) is 5.75 Å². The average molecular weight is 241 g/mol. The molecule has 0 amide bonds. The first-order chi connectivity index (χ1) is 7.68. The maximum atomic E-state index is 10.2. The summed E-state index contributed by atoms with van der Waals surface area (Å²) in [7, 11) is 0. The summed E-state index contributed by atoms with van der Waals surface area (Å²) in [6, 6.07) is 7.24. The molecular weight excluding hydrogens is 224 g/mol. The van der Waals surface area contributed by atoms with E-state index >= 15 is 0 Å². The fraction of sp³-hybridized carbons (Fsp3) is 0.538. The van der Waals surface area contributed by atoms with E-state index in [1.54, 1.807) is 12.1 Å². The second-order valence-corrected chi connectivity index (χ2v) is 4.96. The highest BCUT2D eigenvalue weighted by Gasteiger charge is 2.29. The Bertz CT molecular complexity index is 328. The van der Waals surface area contributed by atoms with Gasteiger partial charge in [-0.1, -0.05) is 30.9 Å². The normalized spacial score (nSPS) is 19.4. The first-order valence-corrected chi connectivity index (χ1v) is 6.17. The second-order valence-electron chi connectivity index (χ2n) is 4.53. The van der Waals surface area contributed by atoms with Crippen LogP contribution in [0.4, 0.5) is 0 Å². The monoisotopic (exact) mass is 240 g/mol. The van der Waals surface area contributed by atoms with Gasteiger partial charge >= 0.3 is 0 Å². The van der Waals surface area contributed by atoms with E-state index in [0.717, 1.165) is 31.4 Å². The molecule has 0 atom stereocenters. The molecule has 2 nitrogen and oxygen atoms in total. The number of rotatable bonds is 3. The van der Waals surface area contributed by atoms with Crippen molar-refractivity contribution in [2.75, 3.05) is 6.61 Å². The predicted octanol–water partition coefficient (Wildman–Crippen LogP) is 3.41. The standard InChI is InChI=1S/C13H17ClO2/c14-11-4-6-12(7-5-11)16-10-13(15)8-2-1-3-9-13/h4-7,15H,1-3,8-10H2. The molecule has 1 aliphatic carbocycles. The van der Waals surface area contributed by atoms with Crippen molar-refractivity contribution in [2.45, 2.75) is 37.7 Å². The van der Waals surface area contributed by atoms with Crippen LogP contribution in [0.25, 0.3) is 0 Å². The van der Waals surface area contributed by atoms with Crippen molar-refractivity contribution in [3.63, 3.8) is 0 Å². The molecule has 88 valence electrons. The van der Waals surface area contributed by atoms with Crippen LogP contribution in [0.1, 0.15) is 32.1 Å². The molecule has 0 heterocycles. The molecule has 16 heavy (non-hydrogen) atoms. The summed E-state index contributed by atoms with van der Waals surface area (Å²) >= 11 is 5.78. The van der Waals surface area contributed by atoms with Gasteiger partial charge in [-0.05, 0) is 37.1 Å². The van der Waals surface area contributed by atoms with Crippen LogP contribution < -0.4 is 4.74 Å². The number of ether oxygens (including phenoxy) is 1. The molecule has 0 spiro atoms. The fourth-order valence-electron chi connectivity index (χ4n) is 2.10. The van der Waals surface area contributed by atoms with Gasteiger partial charge in [-0.25, -0.2) is 0 Å². The zero-order chi connectivity index (χ0) is 11.4. The van der Waals surface area contributed by atoms with Crippen LogP contribution in [0.15, 0.2) is 24.3 Å². The van der Waals surface area contributed by atoms with E-state index in [4.69, 9.17) is 16.3 Å². The SMILES string of the molecule is OC1(COc2ccc(Cl)cc2)CCCCC1. The maximum Gasteiger partial charge on any atom is 0.119 e. The smallest absolute Gasteiger partial charge is 0.119 e. The molecule has 1 fully saturated rings. The van der Waals surface area contributed by atoms with Gasteiger partial charge < -0.3 is 9.84 Å². The zero-order valence-corrected chi connectivity index (χ0v) is 10.0. The van der Waals surface area contributed by atoms with Gasteiger partial charge in [0.05, 0.1) is 5.60 Å². The third-order valence-corrected chi connectivity index (χ3v) is 3.36. The lowest BCUT2D eigenvalue weighted by molar-refractivity contribution is -0.0339. The van der Waals surface area contributed by atoms with Crippen LogP contribution in [0, 0.1) is 0 Å². The molecule has 0 radical (unpaired) electrons. The minimum atomic E-state index is -0.627. The number of hydrogen-bond acceptors (Lipinski definition) is 2. The summed E-state index contributed by atoms with van der Waals surface area (Å²) in [6.45, 7) is 0.384. The molecule has 0 unspecified atom stereocenters. The number of halogens is 1. The molecule has 0 aliphatic heterocycles. The van der Waals surface area contributed by atoms with E-state index in [1.165, 1.54) is 6.42 Å². The van der Waals surface area contributed by atoms with Crippen molar-refractivity contribution in [3.05, 3.63) is 29.3 Å². The molecular formula is C13H17ClO2. The van der Waals surface area contributed by atoms with Crippen molar-refractivity contribution in [1.29, 1.82) is 0 Å². The average Bonchev–Trinajstić information content (AvgIpc) is 2.29. The summed E-state index contributed by atoms with van der Waals surface area (Å²) in [4.78, 5) is 0. The largest absolute Gasteiger partial charge is 0.491 e. The highest BCUT2D eigenvalue weighted by molar-refractivity contribution is 6.30. The van der Waals surface area contributed by atoms with Crippen molar-refractivity contribution in [1.82, 2.24) is 0 Å². The molecule has 2 rings (SSSR count). The third kappa shape index (κ3) is 3.13. The molecule has 1 aliphatic rings. The lowest BCUT2D eigenvalue weighted by atomic mass is 9.85.